The normalized spacial score (nSPS) is 12.2. The second-order valence-corrected chi connectivity index (χ2v) is 5.00. The molecular formula is C15H16BrNO. The lowest BCUT2D eigenvalue weighted by Gasteiger charge is -2.15. The van der Waals surface area contributed by atoms with Crippen molar-refractivity contribution < 1.29 is 4.74 Å². The van der Waals surface area contributed by atoms with E-state index in [9.17, 15) is 0 Å². The first-order valence-electron chi connectivity index (χ1n) is 5.84. The van der Waals surface area contributed by atoms with Crippen LogP contribution in [0.2, 0.25) is 0 Å². The van der Waals surface area contributed by atoms with Gasteiger partial charge in [0.05, 0.1) is 7.11 Å². The average molecular weight is 306 g/mol. The lowest BCUT2D eigenvalue weighted by Crippen LogP contribution is -2.14. The molecule has 0 saturated heterocycles. The maximum absolute atomic E-state index is 6.27. The molecule has 0 spiro atoms. The largest absolute Gasteiger partial charge is 0.496 e. The van der Waals surface area contributed by atoms with Crippen LogP contribution in [0.4, 0.5) is 0 Å². The van der Waals surface area contributed by atoms with Gasteiger partial charge in [-0.15, -0.1) is 0 Å². The number of ether oxygens (including phenoxy) is 1. The van der Waals surface area contributed by atoms with E-state index in [2.05, 4.69) is 22.0 Å². The fourth-order valence-corrected chi connectivity index (χ4v) is 2.57. The average Bonchev–Trinajstić information content (AvgIpc) is 2.39. The maximum atomic E-state index is 6.27. The minimum Gasteiger partial charge on any atom is -0.496 e. The molecule has 2 aromatic carbocycles. The topological polar surface area (TPSA) is 35.2 Å². The molecule has 1 atom stereocenters. The SMILES string of the molecule is COc1ccccc1CC(N)c1ccccc1Br. The van der Waals surface area contributed by atoms with Crippen molar-refractivity contribution in [2.75, 3.05) is 7.11 Å². The summed E-state index contributed by atoms with van der Waals surface area (Å²) in [6.07, 6.45) is 0.757. The Labute approximate surface area is 116 Å². The van der Waals surface area contributed by atoms with Crippen molar-refractivity contribution in [1.29, 1.82) is 0 Å². The lowest BCUT2D eigenvalue weighted by molar-refractivity contribution is 0.408. The summed E-state index contributed by atoms with van der Waals surface area (Å²) in [5, 5.41) is 0. The third-order valence-corrected chi connectivity index (χ3v) is 3.66. The summed E-state index contributed by atoms with van der Waals surface area (Å²) >= 11 is 3.53. The highest BCUT2D eigenvalue weighted by Gasteiger charge is 2.12. The molecule has 0 saturated carbocycles. The van der Waals surface area contributed by atoms with E-state index in [1.54, 1.807) is 7.11 Å². The molecule has 0 aliphatic rings. The van der Waals surface area contributed by atoms with Gasteiger partial charge >= 0.3 is 0 Å². The molecular weight excluding hydrogens is 290 g/mol. The van der Waals surface area contributed by atoms with Gasteiger partial charge in [0.1, 0.15) is 5.75 Å². The predicted octanol–water partition coefficient (Wildman–Crippen LogP) is 3.70. The number of hydrogen-bond acceptors (Lipinski definition) is 2. The third kappa shape index (κ3) is 2.92. The van der Waals surface area contributed by atoms with E-state index >= 15 is 0 Å². The second kappa shape index (κ2) is 6.03. The van der Waals surface area contributed by atoms with Crippen LogP contribution in [0.1, 0.15) is 17.2 Å². The Morgan fingerprint density at radius 2 is 1.78 bits per heavy atom. The Morgan fingerprint density at radius 1 is 1.11 bits per heavy atom. The summed E-state index contributed by atoms with van der Waals surface area (Å²) < 4.78 is 6.39. The molecule has 0 amide bonds. The van der Waals surface area contributed by atoms with Crippen LogP contribution in [-0.4, -0.2) is 7.11 Å². The smallest absolute Gasteiger partial charge is 0.122 e. The van der Waals surface area contributed by atoms with Crippen molar-refractivity contribution in [1.82, 2.24) is 0 Å². The van der Waals surface area contributed by atoms with Gasteiger partial charge < -0.3 is 10.5 Å². The first kappa shape index (κ1) is 13.1. The van der Waals surface area contributed by atoms with E-state index in [0.29, 0.717) is 0 Å². The Hall–Kier alpha value is -1.32. The number of methoxy groups -OCH3 is 1. The number of benzene rings is 2. The Balaban J connectivity index is 2.21. The minimum absolute atomic E-state index is 0.0446. The van der Waals surface area contributed by atoms with Gasteiger partial charge in [0.25, 0.3) is 0 Å². The van der Waals surface area contributed by atoms with Gasteiger partial charge in [-0.2, -0.15) is 0 Å². The fraction of sp³-hybridized carbons (Fsp3) is 0.200. The Kier molecular flexibility index (Phi) is 4.39. The van der Waals surface area contributed by atoms with Crippen LogP contribution in [-0.2, 0) is 6.42 Å². The maximum Gasteiger partial charge on any atom is 0.122 e. The van der Waals surface area contributed by atoms with Crippen LogP contribution in [0.15, 0.2) is 53.0 Å². The molecule has 0 radical (unpaired) electrons. The zero-order valence-corrected chi connectivity index (χ0v) is 11.9. The predicted molar refractivity (Wildman–Crippen MR) is 77.8 cm³/mol. The molecule has 2 nitrogen and oxygen atoms in total. The number of rotatable bonds is 4. The third-order valence-electron chi connectivity index (χ3n) is 2.94. The van der Waals surface area contributed by atoms with Crippen molar-refractivity contribution in [3.63, 3.8) is 0 Å². The van der Waals surface area contributed by atoms with E-state index in [1.165, 1.54) is 0 Å². The van der Waals surface area contributed by atoms with E-state index in [4.69, 9.17) is 10.5 Å². The molecule has 2 aromatic rings. The molecule has 2 rings (SSSR count). The summed E-state index contributed by atoms with van der Waals surface area (Å²) in [5.74, 6) is 0.889. The first-order chi connectivity index (χ1) is 8.72. The van der Waals surface area contributed by atoms with E-state index in [-0.39, 0.29) is 6.04 Å². The van der Waals surface area contributed by atoms with Gasteiger partial charge in [-0.1, -0.05) is 52.3 Å². The number of para-hydroxylation sites is 1. The fourth-order valence-electron chi connectivity index (χ4n) is 1.99. The molecule has 18 heavy (non-hydrogen) atoms. The summed E-state index contributed by atoms with van der Waals surface area (Å²) in [4.78, 5) is 0. The standard InChI is InChI=1S/C15H16BrNO/c1-18-15-9-5-2-6-11(15)10-14(17)12-7-3-4-8-13(12)16/h2-9,14H,10,17H2,1H3. The number of hydrogen-bond donors (Lipinski definition) is 1. The molecule has 0 bridgehead atoms. The first-order valence-corrected chi connectivity index (χ1v) is 6.63. The summed E-state index contributed by atoms with van der Waals surface area (Å²) in [5.41, 5.74) is 8.51. The van der Waals surface area contributed by atoms with E-state index < -0.39 is 0 Å². The van der Waals surface area contributed by atoms with Crippen LogP contribution < -0.4 is 10.5 Å². The summed E-state index contributed by atoms with van der Waals surface area (Å²) in [6.45, 7) is 0. The molecule has 94 valence electrons. The van der Waals surface area contributed by atoms with Crippen molar-refractivity contribution >= 4 is 15.9 Å². The van der Waals surface area contributed by atoms with Crippen molar-refractivity contribution in [3.05, 3.63) is 64.1 Å². The van der Waals surface area contributed by atoms with Gasteiger partial charge in [0, 0.05) is 10.5 Å². The quantitative estimate of drug-likeness (QED) is 0.935. The molecule has 2 N–H and O–H groups in total. The van der Waals surface area contributed by atoms with Crippen LogP contribution in [0.5, 0.6) is 5.75 Å². The molecule has 0 aromatic heterocycles. The van der Waals surface area contributed by atoms with Gasteiger partial charge in [-0.25, -0.2) is 0 Å². The summed E-state index contributed by atoms with van der Waals surface area (Å²) in [6, 6.07) is 16.0. The van der Waals surface area contributed by atoms with Crippen LogP contribution in [0.3, 0.4) is 0 Å². The minimum atomic E-state index is -0.0446. The molecule has 1 unspecified atom stereocenters. The van der Waals surface area contributed by atoms with Gasteiger partial charge in [0.2, 0.25) is 0 Å². The summed E-state index contributed by atoms with van der Waals surface area (Å²) in [7, 11) is 1.68. The molecule has 0 fully saturated rings. The van der Waals surface area contributed by atoms with Crippen LogP contribution >= 0.6 is 15.9 Å². The molecule has 0 aliphatic carbocycles. The lowest BCUT2D eigenvalue weighted by atomic mass is 9.99. The highest BCUT2D eigenvalue weighted by atomic mass is 79.9. The molecule has 0 aliphatic heterocycles. The van der Waals surface area contributed by atoms with Crippen molar-refractivity contribution in [2.45, 2.75) is 12.5 Å². The van der Waals surface area contributed by atoms with Crippen LogP contribution in [0.25, 0.3) is 0 Å². The zero-order chi connectivity index (χ0) is 13.0. The van der Waals surface area contributed by atoms with Gasteiger partial charge in [0.15, 0.2) is 0 Å². The Morgan fingerprint density at radius 3 is 2.50 bits per heavy atom. The van der Waals surface area contributed by atoms with Crippen molar-refractivity contribution in [2.24, 2.45) is 5.73 Å². The van der Waals surface area contributed by atoms with Crippen LogP contribution in [0, 0.1) is 0 Å². The van der Waals surface area contributed by atoms with Gasteiger partial charge in [-0.05, 0) is 29.7 Å². The number of nitrogens with two attached hydrogens (primary N) is 1. The second-order valence-electron chi connectivity index (χ2n) is 4.14. The number of halogens is 1. The monoisotopic (exact) mass is 305 g/mol. The van der Waals surface area contributed by atoms with E-state index in [0.717, 1.165) is 27.8 Å². The molecule has 0 heterocycles. The van der Waals surface area contributed by atoms with Crippen molar-refractivity contribution in [3.8, 4) is 5.75 Å². The van der Waals surface area contributed by atoms with Gasteiger partial charge in [-0.3, -0.25) is 0 Å². The highest BCUT2D eigenvalue weighted by molar-refractivity contribution is 9.10. The highest BCUT2D eigenvalue weighted by Crippen LogP contribution is 2.27. The zero-order valence-electron chi connectivity index (χ0n) is 10.3. The van der Waals surface area contributed by atoms with E-state index in [1.807, 2.05) is 42.5 Å². The Bertz CT molecular complexity index is 527. The molecule has 3 heteroatoms.